The van der Waals surface area contributed by atoms with E-state index in [0.29, 0.717) is 5.56 Å². The highest BCUT2D eigenvalue weighted by Gasteiger charge is 2.29. The Labute approximate surface area is 126 Å². The van der Waals surface area contributed by atoms with Crippen molar-refractivity contribution >= 4 is 33.4 Å². The second-order valence-corrected chi connectivity index (χ2v) is 5.95. The van der Waals surface area contributed by atoms with Gasteiger partial charge in [-0.05, 0) is 43.9 Å². The molecule has 104 valence electrons. The van der Waals surface area contributed by atoms with Crippen LogP contribution in [0.3, 0.4) is 0 Å². The fraction of sp³-hybridized carbons (Fsp3) is 0.500. The van der Waals surface area contributed by atoms with Crippen LogP contribution in [0.4, 0.5) is 4.39 Å². The highest BCUT2D eigenvalue weighted by molar-refractivity contribution is 9.09. The van der Waals surface area contributed by atoms with Crippen LogP contribution in [0.25, 0.3) is 0 Å². The van der Waals surface area contributed by atoms with Crippen LogP contribution in [-0.4, -0.2) is 28.7 Å². The Morgan fingerprint density at radius 1 is 1.53 bits per heavy atom. The number of rotatable bonds is 4. The monoisotopic (exact) mass is 347 g/mol. The minimum Gasteiger partial charge on any atom is -0.336 e. The predicted octanol–water partition coefficient (Wildman–Crippen LogP) is 4.26. The van der Waals surface area contributed by atoms with Gasteiger partial charge in [0.1, 0.15) is 5.82 Å². The molecule has 2 rings (SSSR count). The number of carbonyl (C=O) groups excluding carboxylic acids is 1. The van der Waals surface area contributed by atoms with E-state index in [9.17, 15) is 9.18 Å². The molecule has 0 bridgehead atoms. The first kappa shape index (κ1) is 14.8. The molecule has 0 spiro atoms. The van der Waals surface area contributed by atoms with Gasteiger partial charge in [-0.3, -0.25) is 4.79 Å². The lowest BCUT2D eigenvalue weighted by molar-refractivity contribution is 0.0730. The SMILES string of the molecule is O=C(c1ccc(F)cc1Cl)N1CCCC1CCCBr. The maximum atomic E-state index is 13.0. The van der Waals surface area contributed by atoms with Crippen LogP contribution in [0.2, 0.25) is 5.02 Å². The predicted molar refractivity (Wildman–Crippen MR) is 78.5 cm³/mol. The van der Waals surface area contributed by atoms with Crippen molar-refractivity contribution in [2.75, 3.05) is 11.9 Å². The number of carbonyl (C=O) groups is 1. The van der Waals surface area contributed by atoms with Gasteiger partial charge in [0.2, 0.25) is 0 Å². The van der Waals surface area contributed by atoms with Crippen LogP contribution in [0.1, 0.15) is 36.0 Å². The van der Waals surface area contributed by atoms with Gasteiger partial charge in [-0.2, -0.15) is 0 Å². The topological polar surface area (TPSA) is 20.3 Å². The van der Waals surface area contributed by atoms with Gasteiger partial charge in [0.05, 0.1) is 10.6 Å². The van der Waals surface area contributed by atoms with E-state index in [1.54, 1.807) is 0 Å². The molecule has 19 heavy (non-hydrogen) atoms. The summed E-state index contributed by atoms with van der Waals surface area (Å²) in [7, 11) is 0. The van der Waals surface area contributed by atoms with Gasteiger partial charge in [0.15, 0.2) is 0 Å². The molecule has 1 atom stereocenters. The number of likely N-dealkylation sites (tertiary alicyclic amines) is 1. The van der Waals surface area contributed by atoms with Crippen molar-refractivity contribution in [1.82, 2.24) is 4.90 Å². The summed E-state index contributed by atoms with van der Waals surface area (Å²) in [6, 6.07) is 4.23. The minimum atomic E-state index is -0.418. The average molecular weight is 349 g/mol. The zero-order valence-corrected chi connectivity index (χ0v) is 12.9. The fourth-order valence-electron chi connectivity index (χ4n) is 2.53. The summed E-state index contributed by atoms with van der Waals surface area (Å²) in [6.07, 6.45) is 4.11. The van der Waals surface area contributed by atoms with Gasteiger partial charge >= 0.3 is 0 Å². The van der Waals surface area contributed by atoms with Crippen molar-refractivity contribution in [1.29, 1.82) is 0 Å². The lowest BCUT2D eigenvalue weighted by atomic mass is 10.1. The normalized spacial score (nSPS) is 18.9. The number of hydrogen-bond acceptors (Lipinski definition) is 1. The highest BCUT2D eigenvalue weighted by atomic mass is 79.9. The van der Waals surface area contributed by atoms with E-state index in [0.717, 1.165) is 37.6 Å². The second kappa shape index (κ2) is 6.71. The number of amides is 1. The van der Waals surface area contributed by atoms with Gasteiger partial charge < -0.3 is 4.90 Å². The van der Waals surface area contributed by atoms with Crippen LogP contribution in [-0.2, 0) is 0 Å². The third-order valence-corrected chi connectivity index (χ3v) is 4.34. The first-order valence-corrected chi connectivity index (χ1v) is 7.95. The third kappa shape index (κ3) is 3.48. The van der Waals surface area contributed by atoms with Crippen LogP contribution >= 0.6 is 27.5 Å². The van der Waals surface area contributed by atoms with Crippen LogP contribution in [0, 0.1) is 5.82 Å². The largest absolute Gasteiger partial charge is 0.336 e. The molecule has 1 heterocycles. The molecule has 0 N–H and O–H groups in total. The Bertz CT molecular complexity index is 469. The molecule has 1 unspecified atom stereocenters. The average Bonchev–Trinajstić information content (AvgIpc) is 2.83. The van der Waals surface area contributed by atoms with Gasteiger partial charge in [-0.15, -0.1) is 0 Å². The van der Waals surface area contributed by atoms with Crippen molar-refractivity contribution < 1.29 is 9.18 Å². The zero-order valence-electron chi connectivity index (χ0n) is 10.5. The van der Waals surface area contributed by atoms with E-state index in [2.05, 4.69) is 15.9 Å². The molecule has 0 aliphatic carbocycles. The molecule has 5 heteroatoms. The zero-order chi connectivity index (χ0) is 13.8. The Morgan fingerprint density at radius 3 is 3.00 bits per heavy atom. The lowest BCUT2D eigenvalue weighted by Gasteiger charge is -2.25. The summed E-state index contributed by atoms with van der Waals surface area (Å²) >= 11 is 9.37. The molecular weight excluding hydrogens is 333 g/mol. The van der Waals surface area contributed by atoms with E-state index < -0.39 is 5.82 Å². The van der Waals surface area contributed by atoms with Gasteiger partial charge in [0.25, 0.3) is 5.91 Å². The highest BCUT2D eigenvalue weighted by Crippen LogP contribution is 2.26. The number of halogens is 3. The maximum Gasteiger partial charge on any atom is 0.255 e. The van der Waals surface area contributed by atoms with E-state index in [1.807, 2.05) is 4.90 Å². The second-order valence-electron chi connectivity index (χ2n) is 4.75. The molecule has 1 aliphatic rings. The quantitative estimate of drug-likeness (QED) is 0.745. The molecule has 1 aromatic rings. The summed E-state index contributed by atoms with van der Waals surface area (Å²) in [4.78, 5) is 14.3. The molecule has 1 aromatic carbocycles. The number of hydrogen-bond donors (Lipinski definition) is 0. The Morgan fingerprint density at radius 2 is 2.32 bits per heavy atom. The summed E-state index contributed by atoms with van der Waals surface area (Å²) in [5, 5.41) is 1.14. The molecule has 2 nitrogen and oxygen atoms in total. The summed E-state index contributed by atoms with van der Waals surface area (Å²) in [5.74, 6) is -0.499. The van der Waals surface area contributed by atoms with Crippen LogP contribution in [0.5, 0.6) is 0 Å². The Kier molecular flexibility index (Phi) is 5.22. The van der Waals surface area contributed by atoms with E-state index in [1.165, 1.54) is 18.2 Å². The first-order chi connectivity index (χ1) is 9.13. The smallest absolute Gasteiger partial charge is 0.255 e. The number of alkyl halides is 1. The summed E-state index contributed by atoms with van der Waals surface area (Å²) < 4.78 is 13.0. The molecule has 1 fully saturated rings. The number of benzene rings is 1. The molecule has 0 radical (unpaired) electrons. The van der Waals surface area contributed by atoms with Crippen molar-refractivity contribution in [2.45, 2.75) is 31.7 Å². The maximum absolute atomic E-state index is 13.0. The van der Waals surface area contributed by atoms with Crippen LogP contribution < -0.4 is 0 Å². The molecule has 1 aliphatic heterocycles. The van der Waals surface area contributed by atoms with Gasteiger partial charge in [0, 0.05) is 17.9 Å². The summed E-state index contributed by atoms with van der Waals surface area (Å²) in [6.45, 7) is 0.763. The molecule has 0 aromatic heterocycles. The van der Waals surface area contributed by atoms with Crippen molar-refractivity contribution in [2.24, 2.45) is 0 Å². The van der Waals surface area contributed by atoms with Crippen LogP contribution in [0.15, 0.2) is 18.2 Å². The number of nitrogens with zero attached hydrogens (tertiary/aromatic N) is 1. The van der Waals surface area contributed by atoms with E-state index in [4.69, 9.17) is 11.6 Å². The molecule has 1 saturated heterocycles. The van der Waals surface area contributed by atoms with E-state index in [-0.39, 0.29) is 17.0 Å². The van der Waals surface area contributed by atoms with Gasteiger partial charge in [-0.1, -0.05) is 27.5 Å². The van der Waals surface area contributed by atoms with Crippen molar-refractivity contribution in [3.8, 4) is 0 Å². The third-order valence-electron chi connectivity index (χ3n) is 3.47. The standard InChI is InChI=1S/C14H16BrClFNO/c15-7-1-3-11-4-2-8-18(11)14(19)12-6-5-10(17)9-13(12)16/h5-6,9,11H,1-4,7-8H2. The van der Waals surface area contributed by atoms with Gasteiger partial charge in [-0.25, -0.2) is 4.39 Å². The van der Waals surface area contributed by atoms with Crippen molar-refractivity contribution in [3.63, 3.8) is 0 Å². The minimum absolute atomic E-state index is 0.0814. The molecule has 1 amide bonds. The fourth-order valence-corrected chi connectivity index (χ4v) is 3.11. The first-order valence-electron chi connectivity index (χ1n) is 6.45. The summed E-state index contributed by atoms with van der Waals surface area (Å²) in [5.41, 5.74) is 0.397. The van der Waals surface area contributed by atoms with E-state index >= 15 is 0 Å². The Hall–Kier alpha value is -0.610. The molecular formula is C14H16BrClFNO. The Balaban J connectivity index is 2.13. The van der Waals surface area contributed by atoms with Crippen molar-refractivity contribution in [3.05, 3.63) is 34.6 Å². The molecule has 0 saturated carbocycles. The lowest BCUT2D eigenvalue weighted by Crippen LogP contribution is -2.35.